The van der Waals surface area contributed by atoms with Gasteiger partial charge in [-0.3, -0.25) is 9.52 Å². The topological polar surface area (TPSA) is 123 Å². The largest absolute Gasteiger partial charge is 0.352 e. The fourth-order valence-corrected chi connectivity index (χ4v) is 2.62. The minimum atomic E-state index is -3.75. The molecule has 0 unspecified atom stereocenters. The molecule has 0 aliphatic heterocycles. The number of hydrogen-bond donors (Lipinski definition) is 3. The van der Waals surface area contributed by atoms with Gasteiger partial charge in [0.2, 0.25) is 0 Å². The molecular weight excluding hydrogens is 270 g/mol. The van der Waals surface area contributed by atoms with Gasteiger partial charge in [-0.15, -0.1) is 0 Å². The second-order valence-electron chi connectivity index (χ2n) is 3.89. The average Bonchev–Trinajstić information content (AvgIpc) is 2.74. The van der Waals surface area contributed by atoms with Crippen LogP contribution in [0, 0.1) is 0 Å². The molecule has 0 bridgehead atoms. The number of nitrogens with two attached hydrogens (primary N) is 1. The predicted molar refractivity (Wildman–Crippen MR) is 69.0 cm³/mol. The molecule has 19 heavy (non-hydrogen) atoms. The Morgan fingerprint density at radius 2 is 2.21 bits per heavy atom. The first-order valence-electron chi connectivity index (χ1n) is 5.36. The zero-order valence-corrected chi connectivity index (χ0v) is 10.9. The lowest BCUT2D eigenvalue weighted by Crippen LogP contribution is -2.16. The van der Waals surface area contributed by atoms with E-state index in [1.54, 1.807) is 11.6 Å². The van der Waals surface area contributed by atoms with Crippen molar-refractivity contribution in [1.29, 1.82) is 0 Å². The Balaban J connectivity index is 2.31. The van der Waals surface area contributed by atoms with Crippen LogP contribution in [0.2, 0.25) is 0 Å². The molecule has 2 aromatic heterocycles. The Bertz CT molecular complexity index is 726. The molecule has 0 amide bonds. The summed E-state index contributed by atoms with van der Waals surface area (Å²) in [6.45, 7) is 0.239. The van der Waals surface area contributed by atoms with E-state index in [0.717, 1.165) is 0 Å². The van der Waals surface area contributed by atoms with E-state index < -0.39 is 15.6 Å². The summed E-state index contributed by atoms with van der Waals surface area (Å²) in [5, 5.41) is 5.72. The van der Waals surface area contributed by atoms with Crippen molar-refractivity contribution in [3.8, 4) is 0 Å². The van der Waals surface area contributed by atoms with Crippen molar-refractivity contribution < 1.29 is 8.42 Å². The van der Waals surface area contributed by atoms with Gasteiger partial charge in [0, 0.05) is 31.5 Å². The molecule has 0 spiro atoms. The molecule has 0 radical (unpaired) electrons. The summed E-state index contributed by atoms with van der Waals surface area (Å²) >= 11 is 0. The van der Waals surface area contributed by atoms with Crippen molar-refractivity contribution in [1.82, 2.24) is 14.8 Å². The van der Waals surface area contributed by atoms with E-state index in [1.165, 1.54) is 24.4 Å². The smallest absolute Gasteiger partial charge is 0.264 e. The molecule has 8 nitrogen and oxygen atoms in total. The first-order valence-corrected chi connectivity index (χ1v) is 6.84. The monoisotopic (exact) mass is 283 g/mol. The highest BCUT2D eigenvalue weighted by Gasteiger charge is 2.17. The van der Waals surface area contributed by atoms with E-state index in [9.17, 15) is 13.2 Å². The Labute approximate surface area is 109 Å². The third-order valence-corrected chi connectivity index (χ3v) is 3.84. The molecule has 2 rings (SSSR count). The lowest BCUT2D eigenvalue weighted by Gasteiger charge is -2.04. The molecule has 0 aliphatic rings. The Morgan fingerprint density at radius 1 is 1.47 bits per heavy atom. The molecule has 0 saturated carbocycles. The highest BCUT2D eigenvalue weighted by molar-refractivity contribution is 7.92. The highest BCUT2D eigenvalue weighted by Crippen LogP contribution is 2.16. The molecular formula is C10H13N5O3S. The van der Waals surface area contributed by atoms with Gasteiger partial charge >= 0.3 is 0 Å². The summed E-state index contributed by atoms with van der Waals surface area (Å²) in [6.07, 6.45) is 1.45. The van der Waals surface area contributed by atoms with Gasteiger partial charge in [-0.25, -0.2) is 13.5 Å². The van der Waals surface area contributed by atoms with E-state index in [4.69, 9.17) is 5.73 Å². The van der Waals surface area contributed by atoms with E-state index in [0.29, 0.717) is 5.69 Å². The predicted octanol–water partition coefficient (Wildman–Crippen LogP) is -0.632. The van der Waals surface area contributed by atoms with Gasteiger partial charge in [0.25, 0.3) is 15.6 Å². The van der Waals surface area contributed by atoms with Crippen molar-refractivity contribution in [2.24, 2.45) is 12.8 Å². The van der Waals surface area contributed by atoms with Crippen molar-refractivity contribution in [2.75, 3.05) is 4.72 Å². The van der Waals surface area contributed by atoms with E-state index >= 15 is 0 Å². The summed E-state index contributed by atoms with van der Waals surface area (Å²) < 4.78 is 28.0. The zero-order chi connectivity index (χ0) is 14.0. The number of anilines is 1. The fraction of sp³-hybridized carbons (Fsp3) is 0.200. The van der Waals surface area contributed by atoms with Crippen molar-refractivity contribution in [3.05, 3.63) is 40.4 Å². The molecule has 4 N–H and O–H groups in total. The van der Waals surface area contributed by atoms with Crippen LogP contribution in [0.15, 0.2) is 34.1 Å². The number of nitrogens with one attached hydrogen (secondary N) is 2. The van der Waals surface area contributed by atoms with Crippen LogP contribution in [0.5, 0.6) is 0 Å². The lowest BCUT2D eigenvalue weighted by atomic mass is 10.4. The summed E-state index contributed by atoms with van der Waals surface area (Å²) in [7, 11) is -2.04. The van der Waals surface area contributed by atoms with Crippen molar-refractivity contribution >= 4 is 15.8 Å². The van der Waals surface area contributed by atoms with Crippen molar-refractivity contribution in [3.63, 3.8) is 0 Å². The Kier molecular flexibility index (Phi) is 3.40. The molecule has 0 aliphatic carbocycles. The van der Waals surface area contributed by atoms with E-state index in [2.05, 4.69) is 14.9 Å². The fourth-order valence-electron chi connectivity index (χ4n) is 1.52. The molecule has 0 fully saturated rings. The number of nitrogens with zero attached hydrogens (tertiary/aromatic N) is 2. The Morgan fingerprint density at radius 3 is 2.74 bits per heavy atom. The van der Waals surface area contributed by atoms with Gasteiger partial charge in [-0.2, -0.15) is 5.10 Å². The van der Waals surface area contributed by atoms with E-state index in [1.807, 2.05) is 0 Å². The third kappa shape index (κ3) is 2.83. The maximum atomic E-state index is 12.1. The number of hydrogen-bond acceptors (Lipinski definition) is 5. The van der Waals surface area contributed by atoms with Gasteiger partial charge in [0.1, 0.15) is 4.90 Å². The standard InChI is InChI=1S/C10H13N5O3S/c1-15-6-8(4-7(15)5-11)19(17,18)14-9-2-3-10(16)13-12-9/h2-4,6H,5,11H2,1H3,(H,12,14)(H,13,16). The summed E-state index contributed by atoms with van der Waals surface area (Å²) in [5.74, 6) is 0.0396. The minimum Gasteiger partial charge on any atom is -0.352 e. The molecule has 102 valence electrons. The first kappa shape index (κ1) is 13.3. The maximum absolute atomic E-state index is 12.1. The number of sulfonamides is 1. The van der Waals surface area contributed by atoms with Crippen LogP contribution in [-0.2, 0) is 23.6 Å². The molecule has 2 heterocycles. The third-order valence-electron chi connectivity index (χ3n) is 2.52. The van der Waals surface area contributed by atoms with Gasteiger partial charge < -0.3 is 10.3 Å². The zero-order valence-electron chi connectivity index (χ0n) is 10.1. The van der Waals surface area contributed by atoms with Gasteiger partial charge in [-0.1, -0.05) is 0 Å². The number of H-pyrrole nitrogens is 1. The summed E-state index contributed by atoms with van der Waals surface area (Å²) in [6, 6.07) is 3.94. The number of rotatable bonds is 4. The average molecular weight is 283 g/mol. The van der Waals surface area contributed by atoms with Gasteiger partial charge in [0.05, 0.1) is 0 Å². The summed E-state index contributed by atoms with van der Waals surface area (Å²) in [4.78, 5) is 10.9. The first-order chi connectivity index (χ1) is 8.92. The van der Waals surface area contributed by atoms with Crippen molar-refractivity contribution in [2.45, 2.75) is 11.4 Å². The maximum Gasteiger partial charge on any atom is 0.264 e. The number of aromatic amines is 1. The molecule has 2 aromatic rings. The van der Waals surface area contributed by atoms with E-state index in [-0.39, 0.29) is 17.3 Å². The second-order valence-corrected chi connectivity index (χ2v) is 5.58. The number of aromatic nitrogens is 3. The SMILES string of the molecule is Cn1cc(S(=O)(=O)Nc2ccc(=O)[nH]n2)cc1CN. The minimum absolute atomic E-state index is 0.0396. The quantitative estimate of drug-likeness (QED) is 0.689. The molecule has 9 heteroatoms. The highest BCUT2D eigenvalue weighted by atomic mass is 32.2. The van der Waals surface area contributed by atoms with Crippen LogP contribution in [-0.4, -0.2) is 23.2 Å². The van der Waals surface area contributed by atoms with Crippen LogP contribution in [0.4, 0.5) is 5.82 Å². The normalized spacial score (nSPS) is 11.5. The van der Waals surface area contributed by atoms with Crippen LogP contribution in [0.25, 0.3) is 0 Å². The number of aryl methyl sites for hydroxylation is 1. The van der Waals surface area contributed by atoms with Gasteiger partial charge in [-0.05, 0) is 12.1 Å². The Hall–Kier alpha value is -2.13. The van der Waals surface area contributed by atoms with Crippen LogP contribution < -0.4 is 16.0 Å². The van der Waals surface area contributed by atoms with Gasteiger partial charge in [0.15, 0.2) is 5.82 Å². The molecule has 0 saturated heterocycles. The molecule has 0 atom stereocenters. The second kappa shape index (κ2) is 4.86. The van der Waals surface area contributed by atoms with Crippen LogP contribution in [0.3, 0.4) is 0 Å². The van der Waals surface area contributed by atoms with Crippen LogP contribution in [0.1, 0.15) is 5.69 Å². The van der Waals surface area contributed by atoms with Crippen LogP contribution >= 0.6 is 0 Å². The lowest BCUT2D eigenvalue weighted by molar-refractivity contribution is 0.600. The summed E-state index contributed by atoms with van der Waals surface area (Å²) in [5.41, 5.74) is 5.77. The molecule has 0 aromatic carbocycles.